The number of halogens is 2. The van der Waals surface area contributed by atoms with E-state index in [1.54, 1.807) is 0 Å². The first kappa shape index (κ1) is 9.82. The third-order valence-corrected chi connectivity index (χ3v) is 2.28. The van der Waals surface area contributed by atoms with Crippen molar-refractivity contribution in [2.24, 2.45) is 0 Å². The second-order valence-electron chi connectivity index (χ2n) is 2.40. The highest BCUT2D eigenvalue weighted by molar-refractivity contribution is 9.09. The van der Waals surface area contributed by atoms with E-state index in [-0.39, 0.29) is 0 Å². The van der Waals surface area contributed by atoms with E-state index in [1.807, 2.05) is 30.3 Å². The molecule has 0 aromatic heterocycles. The Balaban J connectivity index is 2.68. The zero-order valence-electron chi connectivity index (χ0n) is 6.63. The van der Waals surface area contributed by atoms with E-state index in [2.05, 4.69) is 22.0 Å². The molecule has 64 valence electrons. The number of rotatable bonds is 3. The quantitative estimate of drug-likeness (QED) is 0.702. The molecule has 2 heteroatoms. The molecule has 1 rings (SSSR count). The highest BCUT2D eigenvalue weighted by Gasteiger charge is 1.91. The van der Waals surface area contributed by atoms with Crippen molar-refractivity contribution in [2.45, 2.75) is 6.42 Å². The Kier molecular flexibility index (Phi) is 4.41. The van der Waals surface area contributed by atoms with Gasteiger partial charge in [-0.15, -0.1) is 0 Å². The van der Waals surface area contributed by atoms with Crippen molar-refractivity contribution >= 4 is 33.6 Å². The van der Waals surface area contributed by atoms with Gasteiger partial charge in [-0.2, -0.15) is 0 Å². The first-order chi connectivity index (χ1) is 5.84. The molecule has 0 atom stereocenters. The smallest absolute Gasteiger partial charge is 0.0478 e. The highest BCUT2D eigenvalue weighted by Crippen LogP contribution is 2.16. The highest BCUT2D eigenvalue weighted by atomic mass is 79.9. The fourth-order valence-corrected chi connectivity index (χ4v) is 1.35. The van der Waals surface area contributed by atoms with Gasteiger partial charge in [-0.3, -0.25) is 0 Å². The molecule has 12 heavy (non-hydrogen) atoms. The van der Waals surface area contributed by atoms with Crippen LogP contribution in [0.2, 0.25) is 5.02 Å². The normalized spacial score (nSPS) is 10.8. The molecule has 0 radical (unpaired) electrons. The predicted molar refractivity (Wildman–Crippen MR) is 58.9 cm³/mol. The summed E-state index contributed by atoms with van der Waals surface area (Å²) in [6.07, 6.45) is 5.19. The van der Waals surface area contributed by atoms with Gasteiger partial charge in [0.2, 0.25) is 0 Å². The molecule has 0 aliphatic carbocycles. The van der Waals surface area contributed by atoms with Crippen LogP contribution in [0.25, 0.3) is 6.08 Å². The van der Waals surface area contributed by atoms with Gasteiger partial charge < -0.3 is 0 Å². The minimum atomic E-state index is 0.809. The Hall–Kier alpha value is -0.270. The van der Waals surface area contributed by atoms with Crippen LogP contribution in [0.1, 0.15) is 12.0 Å². The van der Waals surface area contributed by atoms with E-state index < -0.39 is 0 Å². The van der Waals surface area contributed by atoms with Crippen LogP contribution in [0, 0.1) is 0 Å². The third kappa shape index (κ3) is 3.00. The first-order valence-electron chi connectivity index (χ1n) is 3.81. The van der Waals surface area contributed by atoms with E-state index in [4.69, 9.17) is 11.6 Å². The van der Waals surface area contributed by atoms with Gasteiger partial charge in [0.25, 0.3) is 0 Å². The molecule has 0 heterocycles. The summed E-state index contributed by atoms with van der Waals surface area (Å²) in [6.45, 7) is 0. The van der Waals surface area contributed by atoms with Crippen LogP contribution in [0.15, 0.2) is 30.3 Å². The number of allylic oxidation sites excluding steroid dienone is 1. The Morgan fingerprint density at radius 1 is 1.33 bits per heavy atom. The number of hydrogen-bond donors (Lipinski definition) is 0. The van der Waals surface area contributed by atoms with Gasteiger partial charge >= 0.3 is 0 Å². The maximum atomic E-state index is 5.94. The Bertz CT molecular complexity index is 268. The third-order valence-electron chi connectivity index (χ3n) is 1.48. The van der Waals surface area contributed by atoms with Crippen LogP contribution < -0.4 is 0 Å². The lowest BCUT2D eigenvalue weighted by molar-refractivity contribution is 1.27. The van der Waals surface area contributed by atoms with Crippen molar-refractivity contribution in [3.05, 3.63) is 40.9 Å². The van der Waals surface area contributed by atoms with Crippen LogP contribution in [0.4, 0.5) is 0 Å². The lowest BCUT2D eigenvalue weighted by atomic mass is 10.2. The zero-order chi connectivity index (χ0) is 8.81. The SMILES string of the molecule is Clc1ccccc1C=CCCBr. The van der Waals surface area contributed by atoms with Gasteiger partial charge in [-0.05, 0) is 18.1 Å². The predicted octanol–water partition coefficient (Wildman–Crippen LogP) is 4.14. The van der Waals surface area contributed by atoms with E-state index in [0.717, 1.165) is 22.3 Å². The molecule has 0 amide bonds. The molecule has 0 bridgehead atoms. The van der Waals surface area contributed by atoms with Crippen molar-refractivity contribution in [3.8, 4) is 0 Å². The van der Waals surface area contributed by atoms with Gasteiger partial charge in [-0.25, -0.2) is 0 Å². The summed E-state index contributed by atoms with van der Waals surface area (Å²) in [6, 6.07) is 7.83. The molecule has 0 aliphatic rings. The summed E-state index contributed by atoms with van der Waals surface area (Å²) in [5.74, 6) is 0. The molecule has 0 spiro atoms. The van der Waals surface area contributed by atoms with Gasteiger partial charge in [0.15, 0.2) is 0 Å². The molecule has 0 saturated heterocycles. The average molecular weight is 246 g/mol. The van der Waals surface area contributed by atoms with Gasteiger partial charge in [-0.1, -0.05) is 57.9 Å². The minimum absolute atomic E-state index is 0.809. The number of benzene rings is 1. The summed E-state index contributed by atoms with van der Waals surface area (Å²) in [7, 11) is 0. The summed E-state index contributed by atoms with van der Waals surface area (Å²) in [5, 5.41) is 1.80. The molecule has 1 aromatic carbocycles. The summed E-state index contributed by atoms with van der Waals surface area (Å²) < 4.78 is 0. The molecule has 1 aromatic rings. The summed E-state index contributed by atoms with van der Waals surface area (Å²) in [5.41, 5.74) is 1.08. The zero-order valence-corrected chi connectivity index (χ0v) is 8.98. The molecule has 0 aliphatic heterocycles. The fourth-order valence-electron chi connectivity index (χ4n) is 0.884. The van der Waals surface area contributed by atoms with Crippen LogP contribution in [0.3, 0.4) is 0 Å². The monoisotopic (exact) mass is 244 g/mol. The van der Waals surface area contributed by atoms with Gasteiger partial charge in [0.1, 0.15) is 0 Å². The van der Waals surface area contributed by atoms with E-state index in [1.165, 1.54) is 0 Å². The standard InChI is InChI=1S/C10H10BrCl/c11-8-4-3-6-9-5-1-2-7-10(9)12/h1-3,5-7H,4,8H2. The van der Waals surface area contributed by atoms with Crippen LogP contribution in [-0.2, 0) is 0 Å². The van der Waals surface area contributed by atoms with Crippen molar-refractivity contribution in [1.29, 1.82) is 0 Å². The lowest BCUT2D eigenvalue weighted by Gasteiger charge is -1.95. The van der Waals surface area contributed by atoms with Crippen molar-refractivity contribution in [1.82, 2.24) is 0 Å². The number of alkyl halides is 1. The second kappa shape index (κ2) is 5.39. The fraction of sp³-hybridized carbons (Fsp3) is 0.200. The van der Waals surface area contributed by atoms with Crippen molar-refractivity contribution < 1.29 is 0 Å². The lowest BCUT2D eigenvalue weighted by Crippen LogP contribution is -1.73. The van der Waals surface area contributed by atoms with Crippen molar-refractivity contribution in [3.63, 3.8) is 0 Å². The molecule has 0 fully saturated rings. The maximum Gasteiger partial charge on any atom is 0.0478 e. The Labute approximate surface area is 86.4 Å². The van der Waals surface area contributed by atoms with E-state index >= 15 is 0 Å². The summed E-state index contributed by atoms with van der Waals surface area (Å²) in [4.78, 5) is 0. The average Bonchev–Trinajstić information content (AvgIpc) is 2.09. The maximum absolute atomic E-state index is 5.94. The molecule has 0 nitrogen and oxygen atoms in total. The van der Waals surface area contributed by atoms with Crippen molar-refractivity contribution in [2.75, 3.05) is 5.33 Å². The molecular weight excluding hydrogens is 235 g/mol. The molecular formula is C10H10BrCl. The second-order valence-corrected chi connectivity index (χ2v) is 3.60. The van der Waals surface area contributed by atoms with Crippen LogP contribution >= 0.6 is 27.5 Å². The topological polar surface area (TPSA) is 0 Å². The van der Waals surface area contributed by atoms with Crippen LogP contribution in [-0.4, -0.2) is 5.33 Å². The van der Waals surface area contributed by atoms with E-state index in [9.17, 15) is 0 Å². The number of hydrogen-bond acceptors (Lipinski definition) is 0. The van der Waals surface area contributed by atoms with Crippen LogP contribution in [0.5, 0.6) is 0 Å². The molecule has 0 unspecified atom stereocenters. The molecule has 0 saturated carbocycles. The minimum Gasteiger partial charge on any atom is -0.0925 e. The largest absolute Gasteiger partial charge is 0.0925 e. The van der Waals surface area contributed by atoms with Gasteiger partial charge in [0.05, 0.1) is 0 Å². The van der Waals surface area contributed by atoms with E-state index in [0.29, 0.717) is 0 Å². The Morgan fingerprint density at radius 2 is 2.08 bits per heavy atom. The Morgan fingerprint density at radius 3 is 2.75 bits per heavy atom. The summed E-state index contributed by atoms with van der Waals surface area (Å²) >= 11 is 9.30. The molecule has 0 N–H and O–H groups in total. The first-order valence-corrected chi connectivity index (χ1v) is 5.31. The van der Waals surface area contributed by atoms with Gasteiger partial charge in [0, 0.05) is 10.4 Å².